The molecule has 100 valence electrons. The molecule has 0 fully saturated rings. The van der Waals surface area contributed by atoms with Crippen molar-refractivity contribution >= 4 is 5.69 Å². The number of nitrogens with two attached hydrogens (primary N) is 1. The highest BCUT2D eigenvalue weighted by Crippen LogP contribution is 2.20. The first-order chi connectivity index (χ1) is 9.08. The second-order valence-corrected chi connectivity index (χ2v) is 4.49. The van der Waals surface area contributed by atoms with Crippen LogP contribution in [0, 0.1) is 11.6 Å². The van der Waals surface area contributed by atoms with Gasteiger partial charge in [0.1, 0.15) is 11.6 Å². The SMILES string of the molecule is CN(CC(N)c1cccc(F)c1)c1ccccc1F. The van der Waals surface area contributed by atoms with Crippen LogP contribution in [0.15, 0.2) is 48.5 Å². The van der Waals surface area contributed by atoms with Crippen LogP contribution in [0.1, 0.15) is 11.6 Å². The highest BCUT2D eigenvalue weighted by molar-refractivity contribution is 5.47. The summed E-state index contributed by atoms with van der Waals surface area (Å²) in [7, 11) is 1.76. The van der Waals surface area contributed by atoms with Gasteiger partial charge in [0, 0.05) is 19.6 Å². The highest BCUT2D eigenvalue weighted by atomic mass is 19.1. The molecule has 2 N–H and O–H groups in total. The molecule has 0 spiro atoms. The maximum atomic E-state index is 13.6. The molecule has 19 heavy (non-hydrogen) atoms. The largest absolute Gasteiger partial charge is 0.370 e. The summed E-state index contributed by atoms with van der Waals surface area (Å²) in [5, 5.41) is 0. The van der Waals surface area contributed by atoms with Gasteiger partial charge in [-0.25, -0.2) is 8.78 Å². The number of para-hydroxylation sites is 1. The van der Waals surface area contributed by atoms with Crippen molar-refractivity contribution in [3.63, 3.8) is 0 Å². The van der Waals surface area contributed by atoms with Gasteiger partial charge in [-0.2, -0.15) is 0 Å². The van der Waals surface area contributed by atoms with Gasteiger partial charge in [-0.1, -0.05) is 24.3 Å². The van der Waals surface area contributed by atoms with Gasteiger partial charge in [-0.15, -0.1) is 0 Å². The number of hydrogen-bond acceptors (Lipinski definition) is 2. The Morgan fingerprint density at radius 1 is 1.11 bits per heavy atom. The van der Waals surface area contributed by atoms with Crippen molar-refractivity contribution in [3.05, 3.63) is 65.7 Å². The predicted molar refractivity (Wildman–Crippen MR) is 73.0 cm³/mol. The molecule has 1 atom stereocenters. The maximum Gasteiger partial charge on any atom is 0.146 e. The lowest BCUT2D eigenvalue weighted by Gasteiger charge is -2.24. The molecule has 0 aliphatic heterocycles. The second-order valence-electron chi connectivity index (χ2n) is 4.49. The molecule has 2 aromatic carbocycles. The van der Waals surface area contributed by atoms with E-state index in [1.165, 1.54) is 18.2 Å². The average Bonchev–Trinajstić information content (AvgIpc) is 2.39. The molecular formula is C15H16F2N2. The first kappa shape index (κ1) is 13.5. The Morgan fingerprint density at radius 3 is 2.53 bits per heavy atom. The topological polar surface area (TPSA) is 29.3 Å². The van der Waals surface area contributed by atoms with E-state index in [4.69, 9.17) is 5.73 Å². The fourth-order valence-electron chi connectivity index (χ4n) is 2.00. The van der Waals surface area contributed by atoms with Crippen LogP contribution in [0.3, 0.4) is 0 Å². The standard InChI is InChI=1S/C15H16F2N2/c1-19(15-8-3-2-7-13(15)17)10-14(18)11-5-4-6-12(16)9-11/h2-9,14H,10,18H2,1H3. The summed E-state index contributed by atoms with van der Waals surface area (Å²) in [6.07, 6.45) is 0. The Kier molecular flexibility index (Phi) is 4.12. The zero-order valence-electron chi connectivity index (χ0n) is 10.7. The Labute approximate surface area is 111 Å². The lowest BCUT2D eigenvalue weighted by molar-refractivity contribution is 0.607. The summed E-state index contributed by atoms with van der Waals surface area (Å²) in [4.78, 5) is 1.73. The summed E-state index contributed by atoms with van der Waals surface area (Å²) in [6, 6.07) is 12.3. The molecule has 0 aliphatic carbocycles. The fraction of sp³-hybridized carbons (Fsp3) is 0.200. The van der Waals surface area contributed by atoms with Crippen molar-refractivity contribution in [2.45, 2.75) is 6.04 Å². The number of halogens is 2. The minimum absolute atomic E-state index is 0.295. The monoisotopic (exact) mass is 262 g/mol. The number of rotatable bonds is 4. The van der Waals surface area contributed by atoms with Crippen LogP contribution in [0.2, 0.25) is 0 Å². The highest BCUT2D eigenvalue weighted by Gasteiger charge is 2.12. The summed E-state index contributed by atoms with van der Waals surface area (Å²) in [6.45, 7) is 0.407. The van der Waals surface area contributed by atoms with Crippen LogP contribution in [-0.4, -0.2) is 13.6 Å². The predicted octanol–water partition coefficient (Wildman–Crippen LogP) is 3.10. The van der Waals surface area contributed by atoms with Crippen LogP contribution < -0.4 is 10.6 Å². The van der Waals surface area contributed by atoms with Crippen LogP contribution in [0.4, 0.5) is 14.5 Å². The van der Waals surface area contributed by atoms with Crippen LogP contribution in [0.25, 0.3) is 0 Å². The molecular weight excluding hydrogens is 246 g/mol. The van der Waals surface area contributed by atoms with E-state index in [0.29, 0.717) is 17.8 Å². The van der Waals surface area contributed by atoms with Crippen molar-refractivity contribution in [1.29, 1.82) is 0 Å². The van der Waals surface area contributed by atoms with Crippen LogP contribution in [0.5, 0.6) is 0 Å². The molecule has 0 saturated heterocycles. The Hall–Kier alpha value is -1.94. The number of nitrogens with zero attached hydrogens (tertiary/aromatic N) is 1. The van der Waals surface area contributed by atoms with E-state index < -0.39 is 0 Å². The van der Waals surface area contributed by atoms with Gasteiger partial charge in [0.25, 0.3) is 0 Å². The van der Waals surface area contributed by atoms with Crippen molar-refractivity contribution < 1.29 is 8.78 Å². The molecule has 0 bridgehead atoms. The molecule has 0 amide bonds. The van der Waals surface area contributed by atoms with E-state index in [1.54, 1.807) is 42.3 Å². The molecule has 2 nitrogen and oxygen atoms in total. The van der Waals surface area contributed by atoms with Gasteiger partial charge in [-0.3, -0.25) is 0 Å². The zero-order chi connectivity index (χ0) is 13.8. The van der Waals surface area contributed by atoms with E-state index in [-0.39, 0.29) is 17.7 Å². The molecule has 0 saturated carbocycles. The van der Waals surface area contributed by atoms with Crippen LogP contribution >= 0.6 is 0 Å². The quantitative estimate of drug-likeness (QED) is 0.917. The molecule has 2 aromatic rings. The van der Waals surface area contributed by atoms with Crippen LogP contribution in [-0.2, 0) is 0 Å². The molecule has 1 unspecified atom stereocenters. The van der Waals surface area contributed by atoms with Gasteiger partial charge < -0.3 is 10.6 Å². The van der Waals surface area contributed by atoms with Crippen molar-refractivity contribution in [3.8, 4) is 0 Å². The van der Waals surface area contributed by atoms with E-state index in [0.717, 1.165) is 0 Å². The lowest BCUT2D eigenvalue weighted by atomic mass is 10.1. The third kappa shape index (κ3) is 3.29. The van der Waals surface area contributed by atoms with Gasteiger partial charge in [0.2, 0.25) is 0 Å². The van der Waals surface area contributed by atoms with Crippen molar-refractivity contribution in [2.75, 3.05) is 18.5 Å². The fourth-order valence-corrected chi connectivity index (χ4v) is 2.00. The third-order valence-electron chi connectivity index (χ3n) is 3.01. The maximum absolute atomic E-state index is 13.6. The average molecular weight is 262 g/mol. The zero-order valence-corrected chi connectivity index (χ0v) is 10.7. The molecule has 0 radical (unpaired) electrons. The van der Waals surface area contributed by atoms with Gasteiger partial charge in [-0.05, 0) is 29.8 Å². The number of hydrogen-bond donors (Lipinski definition) is 1. The van der Waals surface area contributed by atoms with Crippen molar-refractivity contribution in [2.24, 2.45) is 5.73 Å². The Balaban J connectivity index is 2.11. The molecule has 0 heterocycles. The summed E-state index contributed by atoms with van der Waals surface area (Å²) in [5.74, 6) is -0.613. The first-order valence-electron chi connectivity index (χ1n) is 6.04. The summed E-state index contributed by atoms with van der Waals surface area (Å²) < 4.78 is 26.7. The normalized spacial score (nSPS) is 12.2. The number of likely N-dealkylation sites (N-methyl/N-ethyl adjacent to an activating group) is 1. The number of benzene rings is 2. The summed E-state index contributed by atoms with van der Waals surface area (Å²) in [5.41, 5.74) is 7.20. The Morgan fingerprint density at radius 2 is 1.84 bits per heavy atom. The van der Waals surface area contributed by atoms with Gasteiger partial charge >= 0.3 is 0 Å². The smallest absolute Gasteiger partial charge is 0.146 e. The van der Waals surface area contributed by atoms with E-state index >= 15 is 0 Å². The summed E-state index contributed by atoms with van der Waals surface area (Å²) >= 11 is 0. The third-order valence-corrected chi connectivity index (χ3v) is 3.01. The molecule has 4 heteroatoms. The molecule has 0 aliphatic rings. The molecule has 2 rings (SSSR count). The van der Waals surface area contributed by atoms with E-state index in [9.17, 15) is 8.78 Å². The molecule has 0 aromatic heterocycles. The van der Waals surface area contributed by atoms with E-state index in [2.05, 4.69) is 0 Å². The minimum Gasteiger partial charge on any atom is -0.370 e. The van der Waals surface area contributed by atoms with Crippen molar-refractivity contribution in [1.82, 2.24) is 0 Å². The first-order valence-corrected chi connectivity index (χ1v) is 6.04. The number of anilines is 1. The lowest BCUT2D eigenvalue weighted by Crippen LogP contribution is -2.29. The van der Waals surface area contributed by atoms with E-state index in [1.807, 2.05) is 0 Å². The minimum atomic E-state index is -0.375. The second kappa shape index (κ2) is 5.80. The van der Waals surface area contributed by atoms with Gasteiger partial charge in [0.15, 0.2) is 0 Å². The Bertz CT molecular complexity index is 557. The van der Waals surface area contributed by atoms with Gasteiger partial charge in [0.05, 0.1) is 5.69 Å².